The van der Waals surface area contributed by atoms with E-state index in [1.54, 1.807) is 34.1 Å². The van der Waals surface area contributed by atoms with Crippen molar-refractivity contribution in [2.75, 3.05) is 36.4 Å². The molecule has 1 aliphatic heterocycles. The number of nitrogens with zero attached hydrogens (tertiary/aromatic N) is 5. The maximum absolute atomic E-state index is 12.5. The maximum atomic E-state index is 12.5. The number of pyridine rings is 1. The van der Waals surface area contributed by atoms with Gasteiger partial charge in [0.1, 0.15) is 18.0 Å². The van der Waals surface area contributed by atoms with Crippen molar-refractivity contribution in [3.05, 3.63) is 66.7 Å². The number of carbonyl (C=O) groups excluding carboxylic acids is 2. The summed E-state index contributed by atoms with van der Waals surface area (Å²) in [5.74, 6) is 0.257. The lowest BCUT2D eigenvalue weighted by molar-refractivity contribution is -0.116. The molecule has 0 saturated carbocycles. The molecule has 0 radical (unpaired) electrons. The van der Waals surface area contributed by atoms with Gasteiger partial charge in [-0.25, -0.2) is 9.78 Å². The van der Waals surface area contributed by atoms with Gasteiger partial charge < -0.3 is 19.9 Å². The lowest BCUT2D eigenvalue weighted by Crippen LogP contribution is -2.50. The summed E-state index contributed by atoms with van der Waals surface area (Å²) in [6.07, 6.45) is 10.7. The average molecular weight is 493 g/mol. The van der Waals surface area contributed by atoms with Crippen LogP contribution in [0, 0.1) is 0 Å². The highest BCUT2D eigenvalue weighted by Gasteiger charge is 2.26. The van der Waals surface area contributed by atoms with Crippen LogP contribution >= 0.6 is 0 Å². The smallest absolute Gasteiger partial charge is 0.410 e. The van der Waals surface area contributed by atoms with E-state index in [9.17, 15) is 9.59 Å². The number of rotatable bonds is 7. The molecule has 192 valence electrons. The Balaban J connectivity index is 1.52. The van der Waals surface area contributed by atoms with Crippen molar-refractivity contribution in [1.82, 2.24) is 19.7 Å². The Labute approximate surface area is 213 Å². The predicted octanol–water partition coefficient (Wildman–Crippen LogP) is 4.51. The number of carbonyl (C=O) groups is 2. The van der Waals surface area contributed by atoms with Crippen molar-refractivity contribution in [2.45, 2.75) is 46.8 Å². The molecule has 0 atom stereocenters. The molecule has 0 aliphatic carbocycles. The van der Waals surface area contributed by atoms with Crippen LogP contribution in [0.1, 0.15) is 40.2 Å². The summed E-state index contributed by atoms with van der Waals surface area (Å²) < 4.78 is 7.05. The largest absolute Gasteiger partial charge is 0.444 e. The van der Waals surface area contributed by atoms with Crippen molar-refractivity contribution in [1.29, 1.82) is 0 Å². The summed E-state index contributed by atoms with van der Waals surface area (Å²) in [6, 6.07) is 3.70. The SMILES string of the molecule is C=C/C=C(\C=C(C)C)c1cnn(CC(=O)Nc2ccc(N3CCN(C(=O)OC(C)(C)C)CC3)cn2)c1. The average Bonchev–Trinajstić information content (AvgIpc) is 3.26. The second kappa shape index (κ2) is 11.7. The van der Waals surface area contributed by atoms with Gasteiger partial charge in [-0.3, -0.25) is 9.48 Å². The Morgan fingerprint density at radius 3 is 2.44 bits per heavy atom. The molecule has 3 heterocycles. The normalized spacial score (nSPS) is 14.3. The van der Waals surface area contributed by atoms with E-state index in [2.05, 4.69) is 26.9 Å². The minimum absolute atomic E-state index is 0.0756. The summed E-state index contributed by atoms with van der Waals surface area (Å²) in [5, 5.41) is 7.13. The summed E-state index contributed by atoms with van der Waals surface area (Å²) in [7, 11) is 0. The van der Waals surface area contributed by atoms with Crippen LogP contribution in [0.3, 0.4) is 0 Å². The highest BCUT2D eigenvalue weighted by atomic mass is 16.6. The highest BCUT2D eigenvalue weighted by Crippen LogP contribution is 2.20. The van der Waals surface area contributed by atoms with Gasteiger partial charge >= 0.3 is 6.09 Å². The van der Waals surface area contributed by atoms with Crippen molar-refractivity contribution in [3.63, 3.8) is 0 Å². The first-order valence-electron chi connectivity index (χ1n) is 12.0. The zero-order valence-electron chi connectivity index (χ0n) is 21.8. The minimum atomic E-state index is -0.505. The number of hydrogen-bond donors (Lipinski definition) is 1. The number of anilines is 2. The fourth-order valence-electron chi connectivity index (χ4n) is 3.72. The fourth-order valence-corrected chi connectivity index (χ4v) is 3.72. The van der Waals surface area contributed by atoms with Crippen LogP contribution < -0.4 is 10.2 Å². The molecule has 3 rings (SSSR count). The number of ether oxygens (including phenoxy) is 1. The van der Waals surface area contributed by atoms with Crippen molar-refractivity contribution >= 4 is 29.1 Å². The molecule has 1 fully saturated rings. The first-order valence-corrected chi connectivity index (χ1v) is 12.0. The van der Waals surface area contributed by atoms with E-state index in [-0.39, 0.29) is 18.5 Å². The third-order valence-electron chi connectivity index (χ3n) is 5.33. The van der Waals surface area contributed by atoms with Gasteiger partial charge in [0.25, 0.3) is 0 Å². The number of nitrogens with one attached hydrogen (secondary N) is 1. The Hall–Kier alpha value is -3.88. The van der Waals surface area contributed by atoms with Crippen molar-refractivity contribution in [3.8, 4) is 0 Å². The van der Waals surface area contributed by atoms with Gasteiger partial charge in [-0.2, -0.15) is 5.10 Å². The van der Waals surface area contributed by atoms with Crippen LogP contribution in [0.2, 0.25) is 0 Å². The Morgan fingerprint density at radius 1 is 1.14 bits per heavy atom. The number of hydrogen-bond acceptors (Lipinski definition) is 6. The van der Waals surface area contributed by atoms with Crippen LogP contribution in [-0.4, -0.2) is 63.4 Å². The highest BCUT2D eigenvalue weighted by molar-refractivity contribution is 5.89. The van der Waals surface area contributed by atoms with E-state index in [0.717, 1.165) is 22.4 Å². The molecule has 36 heavy (non-hydrogen) atoms. The quantitative estimate of drug-likeness (QED) is 0.572. The van der Waals surface area contributed by atoms with Gasteiger partial charge in [-0.1, -0.05) is 30.4 Å². The Bertz CT molecular complexity index is 1130. The van der Waals surface area contributed by atoms with Gasteiger partial charge in [0.05, 0.1) is 18.1 Å². The molecule has 9 nitrogen and oxygen atoms in total. The van der Waals surface area contributed by atoms with Crippen LogP contribution in [0.5, 0.6) is 0 Å². The van der Waals surface area contributed by atoms with Crippen LogP contribution in [0.25, 0.3) is 5.57 Å². The second-order valence-corrected chi connectivity index (χ2v) is 9.91. The molecule has 2 amide bonds. The number of aromatic nitrogens is 3. The van der Waals surface area contributed by atoms with Gasteiger partial charge in [0.15, 0.2) is 0 Å². The maximum Gasteiger partial charge on any atom is 0.410 e. The lowest BCUT2D eigenvalue weighted by atomic mass is 10.1. The number of amides is 2. The standard InChI is InChI=1S/C27H36N6O3/c1-7-8-21(15-20(2)3)22-16-29-33(18-22)19-25(34)30-24-10-9-23(17-28-24)31-11-13-32(14-12-31)26(35)36-27(4,5)6/h7-10,15-18H,1,11-14,19H2,2-6H3,(H,28,30,34)/b21-8+. The van der Waals surface area contributed by atoms with E-state index in [1.807, 2.05) is 59.0 Å². The molecule has 0 spiro atoms. The third-order valence-corrected chi connectivity index (χ3v) is 5.33. The molecule has 0 bridgehead atoms. The molecule has 1 aliphatic rings. The number of allylic oxidation sites excluding steroid dienone is 5. The molecule has 0 aromatic carbocycles. The Kier molecular flexibility index (Phi) is 8.68. The molecule has 1 N–H and O–H groups in total. The van der Waals surface area contributed by atoms with E-state index in [4.69, 9.17) is 4.74 Å². The van der Waals surface area contributed by atoms with E-state index in [0.29, 0.717) is 32.0 Å². The first kappa shape index (κ1) is 26.7. The third kappa shape index (κ3) is 7.83. The molecular weight excluding hydrogens is 456 g/mol. The number of piperazine rings is 1. The molecule has 9 heteroatoms. The zero-order chi connectivity index (χ0) is 26.3. The van der Waals surface area contributed by atoms with E-state index >= 15 is 0 Å². The van der Waals surface area contributed by atoms with Gasteiger partial charge in [0.2, 0.25) is 5.91 Å². The summed E-state index contributed by atoms with van der Waals surface area (Å²) in [4.78, 5) is 33.1. The molecule has 0 unspecified atom stereocenters. The van der Waals surface area contributed by atoms with E-state index in [1.165, 1.54) is 0 Å². The lowest BCUT2D eigenvalue weighted by Gasteiger charge is -2.36. The Morgan fingerprint density at radius 2 is 1.86 bits per heavy atom. The summed E-state index contributed by atoms with van der Waals surface area (Å²) in [5.41, 5.74) is 3.50. The molecule has 2 aromatic heterocycles. The van der Waals surface area contributed by atoms with Crippen molar-refractivity contribution < 1.29 is 14.3 Å². The van der Waals surface area contributed by atoms with Crippen LogP contribution in [-0.2, 0) is 16.1 Å². The summed E-state index contributed by atoms with van der Waals surface area (Å²) >= 11 is 0. The molecule has 1 saturated heterocycles. The minimum Gasteiger partial charge on any atom is -0.444 e. The zero-order valence-corrected chi connectivity index (χ0v) is 21.8. The molecular formula is C27H36N6O3. The van der Waals surface area contributed by atoms with Gasteiger partial charge in [-0.15, -0.1) is 0 Å². The van der Waals surface area contributed by atoms with Gasteiger partial charge in [-0.05, 0) is 52.3 Å². The van der Waals surface area contributed by atoms with Gasteiger partial charge in [0, 0.05) is 37.9 Å². The monoisotopic (exact) mass is 492 g/mol. The van der Waals surface area contributed by atoms with Crippen LogP contribution in [0.15, 0.2) is 61.1 Å². The predicted molar refractivity (Wildman–Crippen MR) is 143 cm³/mol. The van der Waals surface area contributed by atoms with Crippen molar-refractivity contribution in [2.24, 2.45) is 0 Å². The van der Waals surface area contributed by atoms with E-state index < -0.39 is 5.60 Å². The topological polar surface area (TPSA) is 92.6 Å². The second-order valence-electron chi connectivity index (χ2n) is 9.91. The fraction of sp³-hybridized carbons (Fsp3) is 0.407. The molecule has 2 aromatic rings. The summed E-state index contributed by atoms with van der Waals surface area (Å²) in [6.45, 7) is 16.0. The van der Waals surface area contributed by atoms with Crippen LogP contribution in [0.4, 0.5) is 16.3 Å². The first-order chi connectivity index (χ1) is 17.0.